The maximum atomic E-state index is 5.89. The van der Waals surface area contributed by atoms with Crippen molar-refractivity contribution in [1.82, 2.24) is 0 Å². The van der Waals surface area contributed by atoms with Crippen molar-refractivity contribution in [2.75, 3.05) is 18.9 Å². The lowest BCUT2D eigenvalue weighted by Crippen LogP contribution is -2.01. The molecule has 1 aromatic carbocycles. The topological polar surface area (TPSA) is 35.2 Å². The number of nitrogen functional groups attached to an aromatic ring is 1. The Balaban J connectivity index is 2.10. The summed E-state index contributed by atoms with van der Waals surface area (Å²) in [6, 6.07) is 5.96. The summed E-state index contributed by atoms with van der Waals surface area (Å²) in [4.78, 5) is 1.15. The van der Waals surface area contributed by atoms with Crippen molar-refractivity contribution in [3.8, 4) is 0 Å². The molecule has 0 radical (unpaired) electrons. The van der Waals surface area contributed by atoms with Crippen LogP contribution in [0.15, 0.2) is 27.6 Å². The molecule has 1 aliphatic heterocycles. The van der Waals surface area contributed by atoms with Crippen LogP contribution < -0.4 is 5.73 Å². The standard InChI is InChI=1S/C10H12BrNOS/c11-7-1-2-9(12)10(5-7)14-8-3-4-13-6-8/h1-2,5,8H,3-4,6,12H2. The van der Waals surface area contributed by atoms with Crippen LogP contribution in [0.4, 0.5) is 5.69 Å². The minimum absolute atomic E-state index is 0.562. The Morgan fingerprint density at radius 2 is 2.36 bits per heavy atom. The molecule has 0 amide bonds. The fraction of sp³-hybridized carbons (Fsp3) is 0.400. The van der Waals surface area contributed by atoms with Gasteiger partial charge in [-0.25, -0.2) is 0 Å². The number of hydrogen-bond donors (Lipinski definition) is 1. The van der Waals surface area contributed by atoms with Gasteiger partial charge in [0, 0.05) is 26.9 Å². The van der Waals surface area contributed by atoms with Gasteiger partial charge in [0.25, 0.3) is 0 Å². The SMILES string of the molecule is Nc1ccc(Br)cc1SC1CCOC1. The van der Waals surface area contributed by atoms with Gasteiger partial charge in [0.2, 0.25) is 0 Å². The molecule has 2 nitrogen and oxygen atoms in total. The molecule has 1 unspecified atom stereocenters. The molecule has 14 heavy (non-hydrogen) atoms. The summed E-state index contributed by atoms with van der Waals surface area (Å²) in [5, 5.41) is 0.562. The number of anilines is 1. The summed E-state index contributed by atoms with van der Waals surface area (Å²) in [5.41, 5.74) is 6.74. The number of hydrogen-bond acceptors (Lipinski definition) is 3. The van der Waals surface area contributed by atoms with Gasteiger partial charge in [0.15, 0.2) is 0 Å². The van der Waals surface area contributed by atoms with Crippen molar-refractivity contribution >= 4 is 33.4 Å². The maximum Gasteiger partial charge on any atom is 0.0589 e. The van der Waals surface area contributed by atoms with E-state index < -0.39 is 0 Å². The fourth-order valence-corrected chi connectivity index (χ4v) is 3.04. The van der Waals surface area contributed by atoms with Crippen molar-refractivity contribution < 1.29 is 4.74 Å². The molecule has 1 fully saturated rings. The Morgan fingerprint density at radius 1 is 1.50 bits per heavy atom. The molecular formula is C10H12BrNOS. The highest BCUT2D eigenvalue weighted by atomic mass is 79.9. The van der Waals surface area contributed by atoms with Gasteiger partial charge >= 0.3 is 0 Å². The van der Waals surface area contributed by atoms with Crippen molar-refractivity contribution in [1.29, 1.82) is 0 Å². The Hall–Kier alpha value is -0.190. The summed E-state index contributed by atoms with van der Waals surface area (Å²) in [5.74, 6) is 0. The smallest absolute Gasteiger partial charge is 0.0589 e. The van der Waals surface area contributed by atoms with Crippen LogP contribution in [0.5, 0.6) is 0 Å². The Labute approximate surface area is 96.3 Å². The Kier molecular flexibility index (Phi) is 3.36. The zero-order valence-electron chi connectivity index (χ0n) is 7.70. The zero-order valence-corrected chi connectivity index (χ0v) is 10.1. The van der Waals surface area contributed by atoms with Crippen LogP contribution in [-0.2, 0) is 4.74 Å². The van der Waals surface area contributed by atoms with E-state index in [0.29, 0.717) is 5.25 Å². The van der Waals surface area contributed by atoms with Gasteiger partial charge in [-0.1, -0.05) is 15.9 Å². The van der Waals surface area contributed by atoms with Gasteiger partial charge in [-0.3, -0.25) is 0 Å². The second-order valence-corrected chi connectivity index (χ2v) is 5.54. The average molecular weight is 274 g/mol. The molecule has 0 aliphatic carbocycles. The largest absolute Gasteiger partial charge is 0.398 e. The summed E-state index contributed by atoms with van der Waals surface area (Å²) >= 11 is 5.26. The monoisotopic (exact) mass is 273 g/mol. The number of nitrogens with two attached hydrogens (primary N) is 1. The van der Waals surface area contributed by atoms with Crippen LogP contribution in [0.1, 0.15) is 6.42 Å². The molecule has 2 rings (SSSR count). The molecule has 0 aromatic heterocycles. The van der Waals surface area contributed by atoms with Crippen LogP contribution in [0.3, 0.4) is 0 Å². The van der Waals surface area contributed by atoms with Gasteiger partial charge in [0.05, 0.1) is 6.61 Å². The second-order valence-electron chi connectivity index (χ2n) is 3.29. The van der Waals surface area contributed by atoms with E-state index >= 15 is 0 Å². The van der Waals surface area contributed by atoms with Gasteiger partial charge < -0.3 is 10.5 Å². The molecule has 1 aliphatic rings. The number of halogens is 1. The molecule has 1 atom stereocenters. The third-order valence-corrected chi connectivity index (χ3v) is 3.96. The minimum atomic E-state index is 0.562. The van der Waals surface area contributed by atoms with E-state index in [1.165, 1.54) is 0 Å². The molecule has 0 bridgehead atoms. The van der Waals surface area contributed by atoms with Crippen molar-refractivity contribution in [3.05, 3.63) is 22.7 Å². The van der Waals surface area contributed by atoms with E-state index in [0.717, 1.165) is 34.7 Å². The van der Waals surface area contributed by atoms with Gasteiger partial charge in [-0.15, -0.1) is 11.8 Å². The minimum Gasteiger partial charge on any atom is -0.398 e. The van der Waals surface area contributed by atoms with Crippen LogP contribution in [0.2, 0.25) is 0 Å². The second kappa shape index (κ2) is 4.55. The Bertz CT molecular complexity index is 326. The highest BCUT2D eigenvalue weighted by molar-refractivity contribution is 9.10. The molecule has 76 valence electrons. The van der Waals surface area contributed by atoms with Gasteiger partial charge in [0.1, 0.15) is 0 Å². The van der Waals surface area contributed by atoms with E-state index in [1.54, 1.807) is 0 Å². The molecular weight excluding hydrogens is 262 g/mol. The lowest BCUT2D eigenvalue weighted by atomic mass is 10.3. The molecule has 2 N–H and O–H groups in total. The molecule has 0 spiro atoms. The molecule has 1 saturated heterocycles. The van der Waals surface area contributed by atoms with E-state index in [2.05, 4.69) is 22.0 Å². The number of thioether (sulfide) groups is 1. The quantitative estimate of drug-likeness (QED) is 0.842. The lowest BCUT2D eigenvalue weighted by Gasteiger charge is -2.09. The lowest BCUT2D eigenvalue weighted by molar-refractivity contribution is 0.199. The summed E-state index contributed by atoms with van der Waals surface area (Å²) in [6.45, 7) is 1.72. The first kappa shape index (κ1) is 10.3. The van der Waals surface area contributed by atoms with Crippen molar-refractivity contribution in [3.63, 3.8) is 0 Å². The average Bonchev–Trinajstić information content (AvgIpc) is 2.64. The third kappa shape index (κ3) is 2.43. The summed E-state index contributed by atoms with van der Waals surface area (Å²) < 4.78 is 6.40. The van der Waals surface area contributed by atoms with Crippen LogP contribution in [0, 0.1) is 0 Å². The van der Waals surface area contributed by atoms with E-state index in [9.17, 15) is 0 Å². The van der Waals surface area contributed by atoms with Crippen LogP contribution in [0.25, 0.3) is 0 Å². The molecule has 1 aromatic rings. The predicted molar refractivity (Wildman–Crippen MR) is 63.6 cm³/mol. The fourth-order valence-electron chi connectivity index (χ4n) is 1.40. The maximum absolute atomic E-state index is 5.89. The summed E-state index contributed by atoms with van der Waals surface area (Å²) in [7, 11) is 0. The first-order chi connectivity index (χ1) is 6.75. The first-order valence-electron chi connectivity index (χ1n) is 4.55. The highest BCUT2D eigenvalue weighted by Crippen LogP contribution is 2.34. The van der Waals surface area contributed by atoms with Crippen LogP contribution >= 0.6 is 27.7 Å². The Morgan fingerprint density at radius 3 is 3.07 bits per heavy atom. The van der Waals surface area contributed by atoms with E-state index in [4.69, 9.17) is 10.5 Å². The number of ether oxygens (including phenoxy) is 1. The molecule has 1 heterocycles. The number of rotatable bonds is 2. The van der Waals surface area contributed by atoms with Crippen LogP contribution in [-0.4, -0.2) is 18.5 Å². The van der Waals surface area contributed by atoms with Crippen molar-refractivity contribution in [2.24, 2.45) is 0 Å². The number of benzene rings is 1. The van der Waals surface area contributed by atoms with Gasteiger partial charge in [-0.2, -0.15) is 0 Å². The van der Waals surface area contributed by atoms with E-state index in [1.807, 2.05) is 23.9 Å². The highest BCUT2D eigenvalue weighted by Gasteiger charge is 2.17. The normalized spacial score (nSPS) is 21.4. The third-order valence-electron chi connectivity index (χ3n) is 2.16. The predicted octanol–water partition coefficient (Wildman–Crippen LogP) is 2.91. The zero-order chi connectivity index (χ0) is 9.97. The van der Waals surface area contributed by atoms with Crippen molar-refractivity contribution in [2.45, 2.75) is 16.6 Å². The molecule has 4 heteroatoms. The summed E-state index contributed by atoms with van der Waals surface area (Å²) in [6.07, 6.45) is 1.12. The molecule has 0 saturated carbocycles. The van der Waals surface area contributed by atoms with E-state index in [-0.39, 0.29) is 0 Å². The van der Waals surface area contributed by atoms with Gasteiger partial charge in [-0.05, 0) is 24.6 Å². The first-order valence-corrected chi connectivity index (χ1v) is 6.22.